The van der Waals surface area contributed by atoms with Crippen molar-refractivity contribution in [3.8, 4) is 0 Å². The second-order valence-corrected chi connectivity index (χ2v) is 14.2. The summed E-state index contributed by atoms with van der Waals surface area (Å²) in [4.78, 5) is 0. The molecule has 0 unspecified atom stereocenters. The predicted octanol–water partition coefficient (Wildman–Crippen LogP) is 6.99. The smallest absolute Gasteiger partial charge is 0.0717 e. The van der Waals surface area contributed by atoms with Gasteiger partial charge in [-0.05, 0) is 60.5 Å². The van der Waals surface area contributed by atoms with E-state index >= 15 is 0 Å². The van der Waals surface area contributed by atoms with Gasteiger partial charge in [0.2, 0.25) is 0 Å². The van der Waals surface area contributed by atoms with Crippen molar-refractivity contribution in [1.29, 1.82) is 0 Å². The van der Waals surface area contributed by atoms with Gasteiger partial charge >= 0.3 is 0 Å². The Labute approximate surface area is 241 Å². The Balaban J connectivity index is 1.07. The minimum Gasteiger partial charge on any atom is -0.376 e. The van der Waals surface area contributed by atoms with Gasteiger partial charge in [0, 0.05) is 0 Å². The Morgan fingerprint density at radius 1 is 0.350 bits per heavy atom. The number of benzene rings is 5. The summed E-state index contributed by atoms with van der Waals surface area (Å²) in [6.45, 7) is 2.75. The fourth-order valence-electron chi connectivity index (χ4n) is 4.67. The molecule has 5 aromatic rings. The van der Waals surface area contributed by atoms with Crippen LogP contribution in [0.25, 0.3) is 0 Å². The first-order valence-corrected chi connectivity index (χ1v) is 16.9. The van der Waals surface area contributed by atoms with Crippen molar-refractivity contribution in [3.05, 3.63) is 157 Å². The van der Waals surface area contributed by atoms with E-state index in [0.29, 0.717) is 13.2 Å². The zero-order valence-corrected chi connectivity index (χ0v) is 24.6. The summed E-state index contributed by atoms with van der Waals surface area (Å²) in [5.74, 6) is 0. The second kappa shape index (κ2) is 15.6. The molecule has 0 saturated carbocycles. The standard InChI is InChI=1S/C36H36O2P2/c1-5-13-33(14-6-1)39(34-15-7-2-8-16-34)27-25-37-29-31-21-23-32(24-22-31)30-38-26-28-40(35-17-9-3-10-18-35)36-19-11-4-12-20-36/h1-24H,25-30H2. The highest BCUT2D eigenvalue weighted by Gasteiger charge is 2.14. The maximum atomic E-state index is 6.13. The Morgan fingerprint density at radius 2 is 0.625 bits per heavy atom. The van der Waals surface area contributed by atoms with Crippen LogP contribution in [0.2, 0.25) is 0 Å². The first-order valence-electron chi connectivity index (χ1n) is 13.9. The molecule has 0 radical (unpaired) electrons. The molecule has 5 aromatic carbocycles. The third kappa shape index (κ3) is 8.44. The summed E-state index contributed by atoms with van der Waals surface area (Å²) < 4.78 is 12.3. The molecule has 4 heteroatoms. The van der Waals surface area contributed by atoms with Crippen LogP contribution in [0.1, 0.15) is 11.1 Å². The van der Waals surface area contributed by atoms with Gasteiger partial charge in [0.25, 0.3) is 0 Å². The number of hydrogen-bond donors (Lipinski definition) is 0. The maximum Gasteiger partial charge on any atom is 0.0717 e. The van der Waals surface area contributed by atoms with E-state index in [0.717, 1.165) is 25.5 Å². The minimum absolute atomic E-state index is 0.420. The highest BCUT2D eigenvalue weighted by atomic mass is 31.1. The topological polar surface area (TPSA) is 18.5 Å². The van der Waals surface area contributed by atoms with E-state index in [-0.39, 0.29) is 0 Å². The summed E-state index contributed by atoms with van der Waals surface area (Å²) in [5, 5.41) is 5.60. The van der Waals surface area contributed by atoms with Crippen LogP contribution < -0.4 is 21.2 Å². The van der Waals surface area contributed by atoms with Gasteiger partial charge in [-0.1, -0.05) is 146 Å². The largest absolute Gasteiger partial charge is 0.376 e. The van der Waals surface area contributed by atoms with Crippen LogP contribution in [0, 0.1) is 0 Å². The highest BCUT2D eigenvalue weighted by Crippen LogP contribution is 2.34. The lowest BCUT2D eigenvalue weighted by Crippen LogP contribution is -2.16. The molecule has 5 rings (SSSR count). The van der Waals surface area contributed by atoms with E-state index in [4.69, 9.17) is 9.47 Å². The molecule has 202 valence electrons. The van der Waals surface area contributed by atoms with E-state index in [1.807, 2.05) is 0 Å². The van der Waals surface area contributed by atoms with Gasteiger partial charge in [-0.15, -0.1) is 0 Å². The molecule has 0 bridgehead atoms. The third-order valence-electron chi connectivity index (χ3n) is 6.75. The molecule has 0 aliphatic rings. The van der Waals surface area contributed by atoms with Crippen LogP contribution in [-0.2, 0) is 22.7 Å². The van der Waals surface area contributed by atoms with E-state index < -0.39 is 15.8 Å². The quantitative estimate of drug-likeness (QED) is 0.107. The van der Waals surface area contributed by atoms with E-state index in [9.17, 15) is 0 Å². The van der Waals surface area contributed by atoms with E-state index in [2.05, 4.69) is 146 Å². The lowest BCUT2D eigenvalue weighted by atomic mass is 10.1. The molecule has 0 spiro atoms. The van der Waals surface area contributed by atoms with E-state index in [1.165, 1.54) is 32.3 Å². The molecule has 40 heavy (non-hydrogen) atoms. The molecule has 0 atom stereocenters. The fraction of sp³-hybridized carbons (Fsp3) is 0.167. The Kier molecular flexibility index (Phi) is 11.1. The normalized spacial score (nSPS) is 11.2. The van der Waals surface area contributed by atoms with Gasteiger partial charge in [0.15, 0.2) is 0 Å². The number of hydrogen-bond acceptors (Lipinski definition) is 2. The maximum absolute atomic E-state index is 6.13. The molecule has 0 N–H and O–H groups in total. The van der Waals surface area contributed by atoms with Crippen LogP contribution in [0.4, 0.5) is 0 Å². The Morgan fingerprint density at radius 3 is 0.900 bits per heavy atom. The summed E-state index contributed by atoms with van der Waals surface area (Å²) >= 11 is 0. The second-order valence-electron chi connectivity index (χ2n) is 9.57. The first-order chi connectivity index (χ1) is 19.9. The predicted molar refractivity (Wildman–Crippen MR) is 174 cm³/mol. The molecule has 0 amide bonds. The Bertz CT molecular complexity index is 1190. The summed E-state index contributed by atoms with van der Waals surface area (Å²) in [7, 11) is -0.841. The average molecular weight is 563 g/mol. The lowest BCUT2D eigenvalue weighted by molar-refractivity contribution is 0.134. The Hall–Kier alpha value is -3.12. The molecule has 2 nitrogen and oxygen atoms in total. The third-order valence-corrected chi connectivity index (χ3v) is 11.7. The number of rotatable bonds is 14. The van der Waals surface area contributed by atoms with Gasteiger partial charge in [-0.25, -0.2) is 0 Å². The van der Waals surface area contributed by atoms with Crippen LogP contribution in [0.5, 0.6) is 0 Å². The zero-order valence-electron chi connectivity index (χ0n) is 22.8. The summed E-state index contributed by atoms with van der Waals surface area (Å²) in [6.07, 6.45) is 2.04. The van der Waals surface area contributed by atoms with E-state index in [1.54, 1.807) is 0 Å². The van der Waals surface area contributed by atoms with Crippen molar-refractivity contribution in [2.75, 3.05) is 25.5 Å². The molecule has 0 heterocycles. The monoisotopic (exact) mass is 562 g/mol. The van der Waals surface area contributed by atoms with Crippen molar-refractivity contribution in [2.24, 2.45) is 0 Å². The van der Waals surface area contributed by atoms with Crippen molar-refractivity contribution in [2.45, 2.75) is 13.2 Å². The molecular formula is C36H36O2P2. The highest BCUT2D eigenvalue weighted by molar-refractivity contribution is 7.73. The van der Waals surface area contributed by atoms with Gasteiger partial charge in [-0.3, -0.25) is 0 Å². The molecular weight excluding hydrogens is 526 g/mol. The summed E-state index contributed by atoms with van der Waals surface area (Å²) in [5.41, 5.74) is 2.40. The van der Waals surface area contributed by atoms with Gasteiger partial charge in [0.05, 0.1) is 26.4 Å². The molecule has 0 aliphatic heterocycles. The minimum atomic E-state index is -0.420. The van der Waals surface area contributed by atoms with Gasteiger partial charge < -0.3 is 9.47 Å². The molecule has 0 fully saturated rings. The SMILES string of the molecule is c1ccc(P(CCOCc2ccc(COCCP(c3ccccc3)c3ccccc3)cc2)c2ccccc2)cc1. The summed E-state index contributed by atoms with van der Waals surface area (Å²) in [6, 6.07) is 52.0. The van der Waals surface area contributed by atoms with Crippen LogP contribution in [0.3, 0.4) is 0 Å². The lowest BCUT2D eigenvalue weighted by Gasteiger charge is -2.19. The zero-order chi connectivity index (χ0) is 27.2. The van der Waals surface area contributed by atoms with Crippen LogP contribution >= 0.6 is 15.8 Å². The van der Waals surface area contributed by atoms with Crippen molar-refractivity contribution >= 4 is 37.1 Å². The molecule has 0 aromatic heterocycles. The average Bonchev–Trinajstić information content (AvgIpc) is 3.03. The van der Waals surface area contributed by atoms with Crippen LogP contribution in [0.15, 0.2) is 146 Å². The van der Waals surface area contributed by atoms with Crippen molar-refractivity contribution in [3.63, 3.8) is 0 Å². The van der Waals surface area contributed by atoms with Gasteiger partial charge in [-0.2, -0.15) is 0 Å². The van der Waals surface area contributed by atoms with Gasteiger partial charge in [0.1, 0.15) is 0 Å². The van der Waals surface area contributed by atoms with Crippen LogP contribution in [-0.4, -0.2) is 25.5 Å². The number of ether oxygens (including phenoxy) is 2. The van der Waals surface area contributed by atoms with Crippen molar-refractivity contribution < 1.29 is 9.47 Å². The van der Waals surface area contributed by atoms with Crippen molar-refractivity contribution in [1.82, 2.24) is 0 Å². The molecule has 0 aliphatic carbocycles. The fourth-order valence-corrected chi connectivity index (χ4v) is 9.05. The molecule has 0 saturated heterocycles. The first kappa shape index (κ1) is 28.4.